The number of nitrogen functional groups attached to an aromatic ring is 1. The normalized spacial score (nSPS) is 14.6. The summed E-state index contributed by atoms with van der Waals surface area (Å²) >= 11 is 6.59. The number of nitriles is 1. The van der Waals surface area contributed by atoms with Crippen LogP contribution in [0.4, 0.5) is 10.6 Å². The van der Waals surface area contributed by atoms with Crippen molar-refractivity contribution in [1.29, 1.82) is 5.26 Å². The summed E-state index contributed by atoms with van der Waals surface area (Å²) in [6, 6.07) is 3.50. The number of nitrogens with two attached hydrogens (primary N) is 1. The van der Waals surface area contributed by atoms with Gasteiger partial charge in [-0.3, -0.25) is 0 Å². The highest BCUT2D eigenvalue weighted by atomic mass is 35.5. The molecule has 1 saturated heterocycles. The van der Waals surface area contributed by atoms with E-state index in [1.807, 2.05) is 20.8 Å². The Morgan fingerprint density at radius 1 is 1.45 bits per heavy atom. The van der Waals surface area contributed by atoms with Crippen molar-refractivity contribution < 1.29 is 9.53 Å². The van der Waals surface area contributed by atoms with Crippen LogP contribution in [0, 0.1) is 18.3 Å². The second kappa shape index (κ2) is 8.75. The third-order valence-corrected chi connectivity index (χ3v) is 6.30. The molecule has 2 aromatic heterocycles. The minimum absolute atomic E-state index is 0.0720. The molecule has 0 spiro atoms. The summed E-state index contributed by atoms with van der Waals surface area (Å²) in [5.74, 6) is 0.886. The summed E-state index contributed by atoms with van der Waals surface area (Å²) in [5, 5.41) is 18.2. The van der Waals surface area contributed by atoms with Gasteiger partial charge in [-0.1, -0.05) is 11.6 Å². The topological polar surface area (TPSA) is 135 Å². The van der Waals surface area contributed by atoms with Crippen molar-refractivity contribution in [3.63, 3.8) is 0 Å². The number of ether oxygens (including phenoxy) is 1. The van der Waals surface area contributed by atoms with Gasteiger partial charge in [-0.15, -0.1) is 0 Å². The van der Waals surface area contributed by atoms with Crippen molar-refractivity contribution >= 4 is 34.5 Å². The number of rotatable bonds is 5. The van der Waals surface area contributed by atoms with Crippen LogP contribution in [-0.2, 0) is 0 Å². The number of nitrogens with zero attached hydrogens (tertiary/aromatic N) is 6. The van der Waals surface area contributed by atoms with E-state index < -0.39 is 0 Å². The van der Waals surface area contributed by atoms with E-state index in [1.54, 1.807) is 22.7 Å². The van der Waals surface area contributed by atoms with Crippen LogP contribution in [0.5, 0.6) is 5.75 Å². The molecule has 33 heavy (non-hydrogen) atoms. The molecular formula is C22H25ClN8O2. The number of halogens is 1. The minimum Gasteiger partial charge on any atom is -0.493 e. The number of anilines is 1. The fourth-order valence-electron chi connectivity index (χ4n) is 4.35. The SMILES string of the molecule is CCOc1c(C(C)n2nc(C)c3c(N)ncnc32)cc(Cl)c(C#N)c1C1CN(C(=O)NC)C1. The Bertz CT molecular complexity index is 1280. The molecule has 172 valence electrons. The zero-order valence-corrected chi connectivity index (χ0v) is 19.6. The molecule has 2 amide bonds. The molecule has 1 aromatic carbocycles. The average molecular weight is 469 g/mol. The van der Waals surface area contributed by atoms with Gasteiger partial charge < -0.3 is 20.7 Å². The maximum absolute atomic E-state index is 12.0. The van der Waals surface area contributed by atoms with Gasteiger partial charge in [0, 0.05) is 37.2 Å². The van der Waals surface area contributed by atoms with E-state index in [1.165, 1.54) is 6.33 Å². The highest BCUT2D eigenvalue weighted by Gasteiger charge is 2.37. The van der Waals surface area contributed by atoms with Crippen LogP contribution >= 0.6 is 11.6 Å². The third kappa shape index (κ3) is 3.68. The number of aryl methyl sites for hydroxylation is 1. The zero-order chi connectivity index (χ0) is 23.9. The zero-order valence-electron chi connectivity index (χ0n) is 18.9. The summed E-state index contributed by atoms with van der Waals surface area (Å²) in [4.78, 5) is 22.1. The van der Waals surface area contributed by atoms with Crippen molar-refractivity contribution in [2.45, 2.75) is 32.7 Å². The molecule has 11 heteroatoms. The third-order valence-electron chi connectivity index (χ3n) is 6.00. The van der Waals surface area contributed by atoms with Crippen LogP contribution < -0.4 is 15.8 Å². The molecule has 0 radical (unpaired) electrons. The van der Waals surface area contributed by atoms with Crippen molar-refractivity contribution in [3.8, 4) is 11.8 Å². The first kappa shape index (κ1) is 22.6. The summed E-state index contributed by atoms with van der Waals surface area (Å²) in [6.07, 6.45) is 1.41. The number of urea groups is 1. The molecule has 4 rings (SSSR count). The number of hydrogen-bond acceptors (Lipinski definition) is 7. The fourth-order valence-corrected chi connectivity index (χ4v) is 4.61. The van der Waals surface area contributed by atoms with Gasteiger partial charge in [0.2, 0.25) is 0 Å². The van der Waals surface area contributed by atoms with Crippen LogP contribution in [0.25, 0.3) is 11.0 Å². The van der Waals surface area contributed by atoms with Gasteiger partial charge in [0.15, 0.2) is 5.65 Å². The van der Waals surface area contributed by atoms with Gasteiger partial charge in [0.25, 0.3) is 0 Å². The van der Waals surface area contributed by atoms with Gasteiger partial charge in [0.05, 0.1) is 34.3 Å². The van der Waals surface area contributed by atoms with Crippen molar-refractivity contribution in [2.24, 2.45) is 0 Å². The lowest BCUT2D eigenvalue weighted by Crippen LogP contribution is -2.52. The molecule has 10 nitrogen and oxygen atoms in total. The Hall–Kier alpha value is -3.58. The van der Waals surface area contributed by atoms with Gasteiger partial charge in [-0.25, -0.2) is 19.4 Å². The highest BCUT2D eigenvalue weighted by Crippen LogP contribution is 2.44. The van der Waals surface area contributed by atoms with Gasteiger partial charge >= 0.3 is 6.03 Å². The lowest BCUT2D eigenvalue weighted by atomic mass is 9.85. The first-order valence-electron chi connectivity index (χ1n) is 10.6. The van der Waals surface area contributed by atoms with Crippen LogP contribution in [0.3, 0.4) is 0 Å². The Morgan fingerprint density at radius 2 is 2.18 bits per heavy atom. The molecule has 1 unspecified atom stereocenters. The Morgan fingerprint density at radius 3 is 2.82 bits per heavy atom. The highest BCUT2D eigenvalue weighted by molar-refractivity contribution is 6.32. The molecule has 0 saturated carbocycles. The number of fused-ring (bicyclic) bond motifs is 1. The van der Waals surface area contributed by atoms with Gasteiger partial charge in [-0.05, 0) is 26.8 Å². The van der Waals surface area contributed by atoms with Crippen LogP contribution in [-0.4, -0.2) is 57.4 Å². The largest absolute Gasteiger partial charge is 0.493 e. The summed E-state index contributed by atoms with van der Waals surface area (Å²) < 4.78 is 7.87. The fraction of sp³-hybridized carbons (Fsp3) is 0.409. The standard InChI is InChI=1S/C22H25ClN8O2/c1-5-33-19-14(12(3)31-21-17(11(2)29-31)20(25)27-10-28-21)6-16(23)15(7-24)18(19)13-8-30(9-13)22(32)26-4/h6,10,12-13H,5,8-9H2,1-4H3,(H,26,32)(H2,25,27,28). The average Bonchev–Trinajstić information content (AvgIpc) is 3.11. The van der Waals surface area contributed by atoms with E-state index in [-0.39, 0.29) is 18.0 Å². The van der Waals surface area contributed by atoms with Crippen LogP contribution in [0.15, 0.2) is 12.4 Å². The number of carbonyl (C=O) groups is 1. The van der Waals surface area contributed by atoms with E-state index in [0.717, 1.165) is 11.1 Å². The summed E-state index contributed by atoms with van der Waals surface area (Å²) in [7, 11) is 1.59. The molecule has 1 aliphatic heterocycles. The molecule has 0 bridgehead atoms. The number of carbonyl (C=O) groups excluding carboxylic acids is 1. The number of hydrogen-bond donors (Lipinski definition) is 2. The van der Waals surface area contributed by atoms with E-state index in [0.29, 0.717) is 58.6 Å². The number of amides is 2. The number of nitrogens with one attached hydrogen (secondary N) is 1. The Kier molecular flexibility index (Phi) is 5.99. The molecule has 3 N–H and O–H groups in total. The van der Waals surface area contributed by atoms with Crippen LogP contribution in [0.1, 0.15) is 48.2 Å². The van der Waals surface area contributed by atoms with E-state index >= 15 is 0 Å². The maximum atomic E-state index is 12.0. The quantitative estimate of drug-likeness (QED) is 0.587. The van der Waals surface area contributed by atoms with Crippen LogP contribution in [0.2, 0.25) is 5.02 Å². The van der Waals surface area contributed by atoms with Crippen molar-refractivity contribution in [1.82, 2.24) is 30.0 Å². The Labute approximate surface area is 196 Å². The number of aromatic nitrogens is 4. The molecule has 3 heterocycles. The van der Waals surface area contributed by atoms with Gasteiger partial charge in [0.1, 0.15) is 24.0 Å². The maximum Gasteiger partial charge on any atom is 0.317 e. The smallest absolute Gasteiger partial charge is 0.317 e. The minimum atomic E-state index is -0.323. The number of benzene rings is 1. The predicted octanol–water partition coefficient (Wildman–Crippen LogP) is 2.99. The molecule has 3 aromatic rings. The predicted molar refractivity (Wildman–Crippen MR) is 124 cm³/mol. The van der Waals surface area contributed by atoms with E-state index in [2.05, 4.69) is 26.5 Å². The monoisotopic (exact) mass is 468 g/mol. The molecule has 1 fully saturated rings. The lowest BCUT2D eigenvalue weighted by Gasteiger charge is -2.40. The Balaban J connectivity index is 1.86. The second-order valence-corrected chi connectivity index (χ2v) is 8.34. The van der Waals surface area contributed by atoms with Crippen molar-refractivity contribution in [3.05, 3.63) is 39.8 Å². The van der Waals surface area contributed by atoms with E-state index in [4.69, 9.17) is 22.1 Å². The van der Waals surface area contributed by atoms with Crippen molar-refractivity contribution in [2.75, 3.05) is 32.5 Å². The second-order valence-electron chi connectivity index (χ2n) is 7.93. The molecule has 1 atom stereocenters. The molecular weight excluding hydrogens is 444 g/mol. The number of likely N-dealkylation sites (tertiary alicyclic amines) is 1. The molecule has 1 aliphatic rings. The van der Waals surface area contributed by atoms with E-state index in [9.17, 15) is 10.1 Å². The van der Waals surface area contributed by atoms with Gasteiger partial charge in [-0.2, -0.15) is 10.4 Å². The first-order chi connectivity index (χ1) is 15.8. The summed E-state index contributed by atoms with van der Waals surface area (Å²) in [6.45, 7) is 7.04. The lowest BCUT2D eigenvalue weighted by molar-refractivity contribution is 0.151. The summed E-state index contributed by atoms with van der Waals surface area (Å²) in [5.41, 5.74) is 9.24. The first-order valence-corrected chi connectivity index (χ1v) is 11.0. The molecule has 0 aliphatic carbocycles.